The zero-order chi connectivity index (χ0) is 23.6. The molecule has 0 aromatic heterocycles. The largest absolute Gasteiger partial charge is 0.416 e. The lowest BCUT2D eigenvalue weighted by molar-refractivity contribution is -0.171. The first-order valence-corrected chi connectivity index (χ1v) is 16.0. The molecule has 0 spiro atoms. The van der Waals surface area contributed by atoms with Crippen LogP contribution in [0.5, 0.6) is 0 Å². The van der Waals surface area contributed by atoms with Crippen LogP contribution in [0.15, 0.2) is 11.6 Å². The summed E-state index contributed by atoms with van der Waals surface area (Å²) in [6, 6.07) is 0. The number of rotatable bonds is 8. The van der Waals surface area contributed by atoms with Crippen molar-refractivity contribution in [2.75, 3.05) is 26.4 Å². The average Bonchev–Trinajstić information content (AvgIpc) is 2.74. The van der Waals surface area contributed by atoms with Crippen LogP contribution in [0.2, 0.25) is 18.1 Å². The zero-order valence-electron chi connectivity index (χ0n) is 22.0. The summed E-state index contributed by atoms with van der Waals surface area (Å²) in [6.07, 6.45) is 11.3. The summed E-state index contributed by atoms with van der Waals surface area (Å²) in [5.41, 5.74) is 1.47. The van der Waals surface area contributed by atoms with E-state index in [4.69, 9.17) is 13.9 Å². The summed E-state index contributed by atoms with van der Waals surface area (Å²) in [5, 5.41) is 10.5. The van der Waals surface area contributed by atoms with Gasteiger partial charge in [0, 0.05) is 24.0 Å². The van der Waals surface area contributed by atoms with E-state index in [-0.39, 0.29) is 28.8 Å². The van der Waals surface area contributed by atoms with Crippen molar-refractivity contribution >= 4 is 8.32 Å². The highest BCUT2D eigenvalue weighted by Crippen LogP contribution is 2.58. The van der Waals surface area contributed by atoms with Crippen LogP contribution in [0.3, 0.4) is 0 Å². The smallest absolute Gasteiger partial charge is 0.192 e. The van der Waals surface area contributed by atoms with Gasteiger partial charge in [-0.2, -0.15) is 0 Å². The first kappa shape index (κ1) is 26.4. The van der Waals surface area contributed by atoms with Crippen molar-refractivity contribution in [3.63, 3.8) is 0 Å². The highest BCUT2D eigenvalue weighted by molar-refractivity contribution is 6.74. The van der Waals surface area contributed by atoms with Crippen molar-refractivity contribution in [3.8, 4) is 0 Å². The molecule has 3 rings (SSSR count). The predicted octanol–water partition coefficient (Wildman–Crippen LogP) is 6.69. The maximum atomic E-state index is 10.3. The molecule has 2 aliphatic carbocycles. The van der Waals surface area contributed by atoms with E-state index in [1.807, 2.05) is 0 Å². The van der Waals surface area contributed by atoms with Crippen LogP contribution in [-0.4, -0.2) is 46.1 Å². The molecule has 0 amide bonds. The monoisotopic (exact) mass is 466 g/mol. The van der Waals surface area contributed by atoms with E-state index in [9.17, 15) is 5.11 Å². The van der Waals surface area contributed by atoms with E-state index in [1.165, 1.54) is 24.8 Å². The molecular weight excluding hydrogens is 416 g/mol. The van der Waals surface area contributed by atoms with E-state index in [0.717, 1.165) is 51.9 Å². The Morgan fingerprint density at radius 1 is 1.19 bits per heavy atom. The number of aliphatic hydroxyl groups excluding tert-OH is 1. The summed E-state index contributed by atoms with van der Waals surface area (Å²) < 4.78 is 19.1. The highest BCUT2D eigenvalue weighted by atomic mass is 28.4. The van der Waals surface area contributed by atoms with Gasteiger partial charge < -0.3 is 19.0 Å². The Hall–Kier alpha value is -0.203. The van der Waals surface area contributed by atoms with Crippen LogP contribution in [0.4, 0.5) is 0 Å². The summed E-state index contributed by atoms with van der Waals surface area (Å²) in [4.78, 5) is 0. The third-order valence-electron chi connectivity index (χ3n) is 9.53. The van der Waals surface area contributed by atoms with Gasteiger partial charge in [-0.15, -0.1) is 0 Å². The predicted molar refractivity (Wildman–Crippen MR) is 134 cm³/mol. The van der Waals surface area contributed by atoms with Crippen LogP contribution in [0, 0.1) is 22.7 Å². The maximum Gasteiger partial charge on any atom is 0.192 e. The van der Waals surface area contributed by atoms with Crippen molar-refractivity contribution in [1.29, 1.82) is 0 Å². The number of aliphatic hydroxyl groups is 1. The average molecular weight is 467 g/mol. The Kier molecular flexibility index (Phi) is 8.41. The minimum atomic E-state index is -1.87. The van der Waals surface area contributed by atoms with E-state index in [2.05, 4.69) is 53.8 Å². The van der Waals surface area contributed by atoms with E-state index >= 15 is 0 Å². The molecule has 1 unspecified atom stereocenters. The zero-order valence-corrected chi connectivity index (χ0v) is 23.0. The van der Waals surface area contributed by atoms with Crippen LogP contribution in [-0.2, 0) is 13.9 Å². The Morgan fingerprint density at radius 3 is 2.56 bits per heavy atom. The van der Waals surface area contributed by atoms with Crippen LogP contribution in [0.25, 0.3) is 0 Å². The van der Waals surface area contributed by atoms with E-state index in [1.54, 1.807) is 0 Å². The fraction of sp³-hybridized carbons (Fsp3) is 0.926. The Bertz CT molecular complexity index is 649. The Labute approximate surface area is 198 Å². The minimum absolute atomic E-state index is 0.0370. The van der Waals surface area contributed by atoms with Gasteiger partial charge in [-0.1, -0.05) is 52.7 Å². The van der Waals surface area contributed by atoms with Gasteiger partial charge in [0.2, 0.25) is 0 Å². The summed E-state index contributed by atoms with van der Waals surface area (Å²) >= 11 is 0. The van der Waals surface area contributed by atoms with Gasteiger partial charge in [-0.05, 0) is 74.9 Å². The van der Waals surface area contributed by atoms with Crippen molar-refractivity contribution in [2.24, 2.45) is 22.7 Å². The third-order valence-corrected chi connectivity index (χ3v) is 14.0. The normalized spacial score (nSPS) is 36.5. The Balaban J connectivity index is 1.85. The summed E-state index contributed by atoms with van der Waals surface area (Å²) in [5.74, 6) is 1.01. The molecule has 0 aromatic carbocycles. The molecule has 0 aromatic rings. The minimum Gasteiger partial charge on any atom is -0.416 e. The van der Waals surface area contributed by atoms with E-state index in [0.29, 0.717) is 11.8 Å². The molecule has 2 fully saturated rings. The topological polar surface area (TPSA) is 47.9 Å². The second kappa shape index (κ2) is 10.2. The van der Waals surface area contributed by atoms with Crippen molar-refractivity contribution in [3.05, 3.63) is 11.6 Å². The fourth-order valence-electron chi connectivity index (χ4n) is 5.94. The second-order valence-electron chi connectivity index (χ2n) is 12.7. The number of hydrogen-bond acceptors (Lipinski definition) is 4. The number of fused-ring (bicyclic) bond motifs is 1. The summed E-state index contributed by atoms with van der Waals surface area (Å²) in [6.45, 7) is 19.0. The Morgan fingerprint density at radius 2 is 1.94 bits per heavy atom. The molecule has 0 bridgehead atoms. The SMILES string of the molecule is C[C@@H]1CC=C2[C@@H](CCC[C@@]2(C)CO)[C@@]1(CCOC1CCCCO1)CO[Si](C)(C)C(C)(C)C. The van der Waals surface area contributed by atoms with Gasteiger partial charge in [0.05, 0.1) is 13.2 Å². The van der Waals surface area contributed by atoms with Gasteiger partial charge >= 0.3 is 0 Å². The van der Waals surface area contributed by atoms with Gasteiger partial charge in [0.25, 0.3) is 0 Å². The third kappa shape index (κ3) is 5.38. The molecular formula is C27H50O4Si. The first-order valence-electron chi connectivity index (χ1n) is 13.1. The highest BCUT2D eigenvalue weighted by Gasteiger charge is 2.53. The lowest BCUT2D eigenvalue weighted by Gasteiger charge is -2.56. The number of allylic oxidation sites excluding steroid dienone is 1. The van der Waals surface area contributed by atoms with Gasteiger partial charge in [0.15, 0.2) is 14.6 Å². The molecule has 1 saturated heterocycles. The van der Waals surface area contributed by atoms with Gasteiger partial charge in [-0.3, -0.25) is 0 Å². The lowest BCUT2D eigenvalue weighted by atomic mass is 9.51. The molecule has 0 radical (unpaired) electrons. The molecule has 1 heterocycles. The molecule has 4 nitrogen and oxygen atoms in total. The standard InChI is InChI=1S/C27H50O4Si/c1-21-13-14-22-23(11-10-15-26(22,5)19-28)27(21,20-31-32(6,7)25(2,3)4)16-18-30-24-12-8-9-17-29-24/h14,21,23-24,28H,8-13,15-20H2,1-7H3/t21-,23-,24?,26+,27+/m1/s1. The molecule has 1 saturated carbocycles. The lowest BCUT2D eigenvalue weighted by Crippen LogP contribution is -2.53. The van der Waals surface area contributed by atoms with Crippen molar-refractivity contribution in [1.82, 2.24) is 0 Å². The van der Waals surface area contributed by atoms with Crippen molar-refractivity contribution < 1.29 is 19.0 Å². The maximum absolute atomic E-state index is 10.3. The number of hydrogen-bond donors (Lipinski definition) is 1. The van der Waals surface area contributed by atoms with Crippen LogP contribution in [0.1, 0.15) is 86.0 Å². The van der Waals surface area contributed by atoms with Gasteiger partial charge in [0.1, 0.15) is 0 Å². The molecule has 5 atom stereocenters. The molecule has 1 aliphatic heterocycles. The van der Waals surface area contributed by atoms with Crippen molar-refractivity contribution in [2.45, 2.75) is 110 Å². The van der Waals surface area contributed by atoms with Crippen LogP contribution >= 0.6 is 0 Å². The van der Waals surface area contributed by atoms with Gasteiger partial charge in [-0.25, -0.2) is 0 Å². The van der Waals surface area contributed by atoms with E-state index < -0.39 is 8.32 Å². The first-order chi connectivity index (χ1) is 15.0. The fourth-order valence-corrected chi connectivity index (χ4v) is 7.01. The molecule has 5 heteroatoms. The molecule has 1 N–H and O–H groups in total. The number of ether oxygens (including phenoxy) is 2. The molecule has 186 valence electrons. The summed E-state index contributed by atoms with van der Waals surface area (Å²) in [7, 11) is -1.87. The quantitative estimate of drug-likeness (QED) is 0.320. The second-order valence-corrected chi connectivity index (χ2v) is 17.5. The van der Waals surface area contributed by atoms with Crippen LogP contribution < -0.4 is 0 Å². The molecule has 32 heavy (non-hydrogen) atoms. The molecule has 3 aliphatic rings.